The summed E-state index contributed by atoms with van der Waals surface area (Å²) < 4.78 is 1.72. The molecular formula is C27H31ClN6O3. The Bertz CT molecular complexity index is 1310. The van der Waals surface area contributed by atoms with Gasteiger partial charge in [-0.2, -0.15) is 0 Å². The highest BCUT2D eigenvalue weighted by molar-refractivity contribution is 6.30. The summed E-state index contributed by atoms with van der Waals surface area (Å²) >= 11 is 6.17. The lowest BCUT2D eigenvalue weighted by Gasteiger charge is -2.46. The van der Waals surface area contributed by atoms with E-state index in [9.17, 15) is 14.4 Å². The molecule has 2 aromatic heterocycles. The minimum absolute atomic E-state index is 0.102. The van der Waals surface area contributed by atoms with Crippen molar-refractivity contribution in [3.63, 3.8) is 0 Å². The van der Waals surface area contributed by atoms with Crippen molar-refractivity contribution in [3.8, 4) is 0 Å². The van der Waals surface area contributed by atoms with Gasteiger partial charge in [-0.3, -0.25) is 24.2 Å². The molecule has 0 radical (unpaired) electrons. The number of aryl methyl sites for hydroxylation is 1. The van der Waals surface area contributed by atoms with Crippen molar-refractivity contribution >= 4 is 41.1 Å². The minimum atomic E-state index is -0.926. The van der Waals surface area contributed by atoms with Gasteiger partial charge in [-0.1, -0.05) is 30.7 Å². The number of pyridine rings is 1. The molecule has 9 nitrogen and oxygen atoms in total. The van der Waals surface area contributed by atoms with E-state index in [0.29, 0.717) is 29.6 Å². The number of likely N-dealkylation sites (tertiary alicyclic amines) is 1. The van der Waals surface area contributed by atoms with E-state index in [4.69, 9.17) is 11.6 Å². The molecule has 0 spiro atoms. The second-order valence-corrected chi connectivity index (χ2v) is 9.69. The Labute approximate surface area is 221 Å². The van der Waals surface area contributed by atoms with Crippen LogP contribution in [0, 0.1) is 5.92 Å². The largest absolute Gasteiger partial charge is 0.373 e. The van der Waals surface area contributed by atoms with Crippen molar-refractivity contribution in [2.24, 2.45) is 13.0 Å². The number of halogens is 1. The van der Waals surface area contributed by atoms with Crippen LogP contribution in [-0.2, 0) is 27.9 Å². The van der Waals surface area contributed by atoms with Crippen LogP contribution < -0.4 is 10.2 Å². The number of hydrogen-bond acceptors (Lipinski definition) is 6. The third-order valence-electron chi connectivity index (χ3n) is 6.93. The van der Waals surface area contributed by atoms with Crippen molar-refractivity contribution in [1.29, 1.82) is 0 Å². The number of anilines is 2. The first kappa shape index (κ1) is 26.3. The van der Waals surface area contributed by atoms with Gasteiger partial charge >= 0.3 is 0 Å². The number of amides is 3. The number of carbonyl (C=O) groups is 3. The molecular weight excluding hydrogens is 492 g/mol. The average Bonchev–Trinajstić information content (AvgIpc) is 3.33. The number of likely N-dealkylation sites (N-methyl/N-ethyl adjacent to an activating group) is 1. The van der Waals surface area contributed by atoms with E-state index in [1.807, 2.05) is 37.3 Å². The van der Waals surface area contributed by atoms with Crippen LogP contribution in [0.5, 0.6) is 0 Å². The van der Waals surface area contributed by atoms with Gasteiger partial charge in [0.1, 0.15) is 11.9 Å². The maximum Gasteiger partial charge on any atom is 0.253 e. The highest BCUT2D eigenvalue weighted by Gasteiger charge is 2.55. The summed E-state index contributed by atoms with van der Waals surface area (Å²) in [5.74, 6) is -0.770. The van der Waals surface area contributed by atoms with E-state index in [1.54, 1.807) is 50.4 Å². The average molecular weight is 523 g/mol. The van der Waals surface area contributed by atoms with Gasteiger partial charge in [0.15, 0.2) is 0 Å². The number of hydrogen-bond donors (Lipinski definition) is 1. The van der Waals surface area contributed by atoms with Gasteiger partial charge < -0.3 is 9.88 Å². The van der Waals surface area contributed by atoms with E-state index < -0.39 is 12.0 Å². The van der Waals surface area contributed by atoms with Gasteiger partial charge in [-0.25, -0.2) is 9.97 Å². The van der Waals surface area contributed by atoms with E-state index in [2.05, 4.69) is 15.3 Å². The number of aromatic nitrogens is 3. The lowest BCUT2D eigenvalue weighted by Crippen LogP contribution is -2.69. The number of nitrogens with one attached hydrogen (secondary N) is 1. The molecule has 1 aliphatic rings. The van der Waals surface area contributed by atoms with Gasteiger partial charge in [-0.15, -0.1) is 0 Å². The summed E-state index contributed by atoms with van der Waals surface area (Å²) in [5.41, 5.74) is 1.78. The van der Waals surface area contributed by atoms with Crippen LogP contribution in [0.3, 0.4) is 0 Å². The maximum atomic E-state index is 13.7. The van der Waals surface area contributed by atoms with Crippen molar-refractivity contribution in [1.82, 2.24) is 19.4 Å². The smallest absolute Gasteiger partial charge is 0.253 e. The maximum absolute atomic E-state index is 13.7. The summed E-state index contributed by atoms with van der Waals surface area (Å²) in [6.07, 6.45) is 6.09. The van der Waals surface area contributed by atoms with Crippen LogP contribution in [-0.4, -0.2) is 57.3 Å². The topological polar surface area (TPSA) is 100 Å². The van der Waals surface area contributed by atoms with Crippen molar-refractivity contribution < 1.29 is 14.4 Å². The van der Waals surface area contributed by atoms with Crippen LogP contribution in [0.1, 0.15) is 36.8 Å². The Hall–Kier alpha value is -3.72. The lowest BCUT2D eigenvalue weighted by molar-refractivity contribution is -0.170. The molecule has 1 fully saturated rings. The minimum Gasteiger partial charge on any atom is -0.373 e. The molecule has 10 heteroatoms. The zero-order valence-corrected chi connectivity index (χ0v) is 22.1. The third kappa shape index (κ3) is 5.36. The molecule has 0 unspecified atom stereocenters. The highest BCUT2D eigenvalue weighted by atomic mass is 35.5. The molecule has 194 valence electrons. The summed E-state index contributed by atoms with van der Waals surface area (Å²) in [5, 5.41) is 3.57. The second kappa shape index (κ2) is 11.1. The first-order valence-electron chi connectivity index (χ1n) is 12.2. The zero-order valence-electron chi connectivity index (χ0n) is 21.4. The number of carbonyl (C=O) groups excluding carboxylic acids is 3. The Balaban J connectivity index is 1.61. The van der Waals surface area contributed by atoms with E-state index in [-0.39, 0.29) is 30.1 Å². The molecule has 1 aromatic carbocycles. The van der Waals surface area contributed by atoms with Crippen LogP contribution >= 0.6 is 11.6 Å². The predicted molar refractivity (Wildman–Crippen MR) is 142 cm³/mol. The molecule has 1 N–H and O–H groups in total. The molecule has 3 amide bonds. The first-order valence-corrected chi connectivity index (χ1v) is 12.6. The number of β-lactam (4-membered cyclic amide) rings is 1. The third-order valence-corrected chi connectivity index (χ3v) is 7.17. The fourth-order valence-electron chi connectivity index (χ4n) is 4.85. The Morgan fingerprint density at radius 2 is 1.97 bits per heavy atom. The van der Waals surface area contributed by atoms with E-state index in [1.165, 1.54) is 4.90 Å². The molecule has 0 aliphatic carbocycles. The molecule has 0 saturated carbocycles. The summed E-state index contributed by atoms with van der Waals surface area (Å²) in [4.78, 5) is 51.6. The molecule has 37 heavy (non-hydrogen) atoms. The molecule has 3 aromatic rings. The lowest BCUT2D eigenvalue weighted by atomic mass is 9.80. The Morgan fingerprint density at radius 1 is 1.19 bits per heavy atom. The monoisotopic (exact) mass is 522 g/mol. The number of rotatable bonds is 9. The summed E-state index contributed by atoms with van der Waals surface area (Å²) in [6, 6.07) is 10.1. The number of imidazole rings is 1. The molecule has 3 heterocycles. The number of nitrogens with zero attached hydrogens (tertiary/aromatic N) is 5. The summed E-state index contributed by atoms with van der Waals surface area (Å²) in [6.45, 7) is 1.99. The quantitative estimate of drug-likeness (QED) is 0.430. The zero-order chi connectivity index (χ0) is 26.7. The standard InChI is InChI=1S/C27H31ClN6O3/c1-5-18(19-7-6-8-20(28)15-19)16-23(35)34-24(26(37)33(4)27-31-11-12-32(27)3)21(25(34)36)13-17-9-10-30-22(14-17)29-2/h6-12,14-15,18,21,24H,5,13,16H2,1-4H3,(H,29,30)/t18-,21+,24-/m0/s1. The fourth-order valence-corrected chi connectivity index (χ4v) is 5.04. The van der Waals surface area contributed by atoms with Crippen LogP contribution in [0.25, 0.3) is 0 Å². The van der Waals surface area contributed by atoms with Crippen LogP contribution in [0.4, 0.5) is 11.8 Å². The van der Waals surface area contributed by atoms with E-state index in [0.717, 1.165) is 16.0 Å². The van der Waals surface area contributed by atoms with Crippen molar-refractivity contribution in [2.45, 2.75) is 38.1 Å². The molecule has 1 aliphatic heterocycles. The van der Waals surface area contributed by atoms with Crippen LogP contribution in [0.2, 0.25) is 5.02 Å². The van der Waals surface area contributed by atoms with Gasteiger partial charge in [0.25, 0.3) is 5.91 Å². The summed E-state index contributed by atoms with van der Waals surface area (Å²) in [7, 11) is 5.16. The molecule has 0 bridgehead atoms. The van der Waals surface area contributed by atoms with Crippen molar-refractivity contribution in [2.75, 3.05) is 24.3 Å². The van der Waals surface area contributed by atoms with E-state index >= 15 is 0 Å². The number of benzene rings is 1. The predicted octanol–water partition coefficient (Wildman–Crippen LogP) is 3.65. The van der Waals surface area contributed by atoms with Gasteiger partial charge in [0.2, 0.25) is 17.8 Å². The Kier molecular flexibility index (Phi) is 7.92. The SMILES string of the molecule is CC[C@@H](CC(=O)N1C(=O)[C@H](Cc2ccnc(NC)c2)[C@H]1C(=O)N(C)c1nccn1C)c1cccc(Cl)c1. The van der Waals surface area contributed by atoms with Gasteiger partial charge in [-0.05, 0) is 54.2 Å². The molecule has 1 saturated heterocycles. The Morgan fingerprint density at radius 3 is 2.62 bits per heavy atom. The molecule has 3 atom stereocenters. The second-order valence-electron chi connectivity index (χ2n) is 9.26. The highest BCUT2D eigenvalue weighted by Crippen LogP contribution is 2.35. The molecule has 4 rings (SSSR count). The van der Waals surface area contributed by atoms with Crippen LogP contribution in [0.15, 0.2) is 55.0 Å². The fraction of sp³-hybridized carbons (Fsp3) is 0.370. The van der Waals surface area contributed by atoms with Crippen molar-refractivity contribution in [3.05, 3.63) is 71.1 Å². The number of imide groups is 1. The normalized spacial score (nSPS) is 17.8. The van der Waals surface area contributed by atoms with Gasteiger partial charge in [0, 0.05) is 51.2 Å². The first-order chi connectivity index (χ1) is 17.7. The van der Waals surface area contributed by atoms with Gasteiger partial charge in [0.05, 0.1) is 5.92 Å².